The van der Waals surface area contributed by atoms with Gasteiger partial charge in [0.05, 0.1) is 42.1 Å². The minimum absolute atomic E-state index is 0.0584. The molecule has 12 heteroatoms. The van der Waals surface area contributed by atoms with E-state index in [4.69, 9.17) is 9.47 Å². The van der Waals surface area contributed by atoms with Crippen LogP contribution in [0.2, 0.25) is 0 Å². The smallest absolute Gasteiger partial charge is 0.242 e. The van der Waals surface area contributed by atoms with Crippen LogP contribution in [0.15, 0.2) is 65.7 Å². The molecular weight excluding hydrogens is 534 g/mol. The van der Waals surface area contributed by atoms with Crippen LogP contribution in [0.3, 0.4) is 0 Å². The molecule has 2 aromatic carbocycles. The number of hydrogen-bond acceptors (Lipinski definition) is 8. The fraction of sp³-hybridized carbons (Fsp3) is 0.464. The Balaban J connectivity index is 1.52. The van der Waals surface area contributed by atoms with Gasteiger partial charge in [0, 0.05) is 39.0 Å². The molecule has 0 unspecified atom stereocenters. The van der Waals surface area contributed by atoms with Gasteiger partial charge in [-0.1, -0.05) is 30.3 Å². The molecule has 3 aromatic rings. The van der Waals surface area contributed by atoms with Crippen molar-refractivity contribution in [1.29, 1.82) is 0 Å². The topological polar surface area (TPSA) is 127 Å². The van der Waals surface area contributed by atoms with Gasteiger partial charge in [0.2, 0.25) is 15.9 Å². The number of fused-ring (bicyclic) bond motifs is 1. The maximum absolute atomic E-state index is 13.5. The second kappa shape index (κ2) is 13.4. The third kappa shape index (κ3) is 7.25. The summed E-state index contributed by atoms with van der Waals surface area (Å²) in [6.45, 7) is 4.63. The number of aliphatic hydroxyl groups is 1. The molecule has 1 N–H and O–H groups in total. The molecule has 0 saturated carbocycles. The van der Waals surface area contributed by atoms with Gasteiger partial charge in [-0.2, -0.15) is 4.31 Å². The zero-order chi connectivity index (χ0) is 28.7. The number of hydrogen-bond donors (Lipinski definition) is 1. The van der Waals surface area contributed by atoms with Crippen LogP contribution in [-0.2, 0) is 32.7 Å². The Morgan fingerprint density at radius 1 is 1.15 bits per heavy atom. The summed E-state index contributed by atoms with van der Waals surface area (Å²) < 4.78 is 42.0. The summed E-state index contributed by atoms with van der Waals surface area (Å²) in [5.41, 5.74) is 0.755. The highest BCUT2D eigenvalue weighted by atomic mass is 32.2. The lowest BCUT2D eigenvalue weighted by Crippen LogP contribution is -2.47. The molecule has 1 aromatic heterocycles. The molecule has 0 fully saturated rings. The van der Waals surface area contributed by atoms with E-state index in [9.17, 15) is 18.3 Å². The van der Waals surface area contributed by atoms with Gasteiger partial charge in [-0.15, -0.1) is 5.10 Å². The van der Waals surface area contributed by atoms with E-state index in [1.165, 1.54) is 23.5 Å². The summed E-state index contributed by atoms with van der Waals surface area (Å²) >= 11 is 0. The summed E-state index contributed by atoms with van der Waals surface area (Å²) in [7, 11) is -2.33. The van der Waals surface area contributed by atoms with Gasteiger partial charge < -0.3 is 19.5 Å². The van der Waals surface area contributed by atoms with Gasteiger partial charge in [0.25, 0.3) is 0 Å². The van der Waals surface area contributed by atoms with Gasteiger partial charge in [-0.25, -0.2) is 13.1 Å². The molecular formula is C28H37N5O6S. The van der Waals surface area contributed by atoms with E-state index in [1.807, 2.05) is 37.3 Å². The molecule has 0 spiro atoms. The van der Waals surface area contributed by atoms with Crippen molar-refractivity contribution >= 4 is 15.9 Å². The Morgan fingerprint density at radius 2 is 1.85 bits per heavy atom. The number of rotatable bonds is 8. The fourth-order valence-electron chi connectivity index (χ4n) is 4.58. The highest BCUT2D eigenvalue weighted by Crippen LogP contribution is 2.25. The van der Waals surface area contributed by atoms with E-state index in [2.05, 4.69) is 10.3 Å². The van der Waals surface area contributed by atoms with Crippen molar-refractivity contribution in [1.82, 2.24) is 24.2 Å². The maximum atomic E-state index is 13.5. The van der Waals surface area contributed by atoms with Crippen LogP contribution in [0.25, 0.3) is 0 Å². The summed E-state index contributed by atoms with van der Waals surface area (Å²) in [5.74, 6) is 0.870. The van der Waals surface area contributed by atoms with E-state index >= 15 is 0 Å². The van der Waals surface area contributed by atoms with Crippen molar-refractivity contribution in [3.05, 3.63) is 66.5 Å². The average Bonchev–Trinajstić information content (AvgIpc) is 3.40. The number of carbonyl (C=O) groups is 1. The summed E-state index contributed by atoms with van der Waals surface area (Å²) in [5, 5.41) is 17.9. The Bertz CT molecular complexity index is 1350. The number of aryl methyl sites for hydroxylation is 1. The van der Waals surface area contributed by atoms with Crippen molar-refractivity contribution < 1.29 is 27.8 Å². The molecule has 11 nitrogen and oxygen atoms in total. The molecule has 0 saturated heterocycles. The maximum Gasteiger partial charge on any atom is 0.242 e. The predicted octanol–water partition coefficient (Wildman–Crippen LogP) is 2.92. The molecule has 216 valence electrons. The quantitative estimate of drug-likeness (QED) is 0.437. The number of likely N-dealkylation sites (N-methyl/N-ethyl adjacent to an activating group) is 1. The van der Waals surface area contributed by atoms with Gasteiger partial charge in [0.15, 0.2) is 0 Å². The number of carbonyl (C=O) groups excluding carboxylic acids is 1. The third-order valence-corrected chi connectivity index (χ3v) is 8.93. The van der Waals surface area contributed by atoms with E-state index in [1.54, 1.807) is 34.8 Å². The number of aliphatic hydroxyl groups excluding tert-OH is 1. The van der Waals surface area contributed by atoms with E-state index in [-0.39, 0.29) is 42.5 Å². The summed E-state index contributed by atoms with van der Waals surface area (Å²) in [6, 6.07) is 15.2. The van der Waals surface area contributed by atoms with Crippen LogP contribution in [0, 0.1) is 5.92 Å². The Labute approximate surface area is 235 Å². The molecule has 2 heterocycles. The number of ether oxygens (including phenoxy) is 2. The lowest BCUT2D eigenvalue weighted by molar-refractivity contribution is -0.136. The van der Waals surface area contributed by atoms with Crippen LogP contribution in [0.4, 0.5) is 0 Å². The highest BCUT2D eigenvalue weighted by molar-refractivity contribution is 7.89. The molecule has 1 aliphatic heterocycles. The van der Waals surface area contributed by atoms with Crippen molar-refractivity contribution in [2.24, 2.45) is 5.92 Å². The predicted molar refractivity (Wildman–Crippen MR) is 148 cm³/mol. The fourth-order valence-corrected chi connectivity index (χ4v) is 5.76. The first-order chi connectivity index (χ1) is 19.2. The molecule has 3 atom stereocenters. The molecule has 1 aliphatic rings. The monoisotopic (exact) mass is 571 g/mol. The van der Waals surface area contributed by atoms with Crippen molar-refractivity contribution in [2.75, 3.05) is 26.7 Å². The molecule has 1 amide bonds. The first kappa shape index (κ1) is 29.7. The summed E-state index contributed by atoms with van der Waals surface area (Å²) in [6.07, 6.45) is 1.96. The van der Waals surface area contributed by atoms with Crippen LogP contribution in [0.1, 0.15) is 32.4 Å². The SMILES string of the molecule is C[C@@H]1CN([C@H](C)CO)C(=O)CCCn2nncc2CO[C@H]1CN(C)S(=O)(=O)c1ccc(Oc2ccccc2)cc1. The summed E-state index contributed by atoms with van der Waals surface area (Å²) in [4.78, 5) is 14.8. The van der Waals surface area contributed by atoms with E-state index < -0.39 is 16.1 Å². The molecule has 40 heavy (non-hydrogen) atoms. The Morgan fingerprint density at radius 3 is 2.55 bits per heavy atom. The first-order valence-corrected chi connectivity index (χ1v) is 14.8. The molecule has 0 bridgehead atoms. The van der Waals surface area contributed by atoms with Crippen LogP contribution >= 0.6 is 0 Å². The lowest BCUT2D eigenvalue weighted by Gasteiger charge is -2.35. The van der Waals surface area contributed by atoms with Gasteiger partial charge in [-0.3, -0.25) is 4.79 Å². The van der Waals surface area contributed by atoms with Crippen LogP contribution in [0.5, 0.6) is 11.5 Å². The first-order valence-electron chi connectivity index (χ1n) is 13.4. The molecule has 0 aliphatic carbocycles. The van der Waals surface area contributed by atoms with Crippen LogP contribution in [-0.4, -0.2) is 82.5 Å². The van der Waals surface area contributed by atoms with Crippen LogP contribution < -0.4 is 4.74 Å². The molecule has 0 radical (unpaired) electrons. The van der Waals surface area contributed by atoms with Gasteiger partial charge in [-0.05, 0) is 49.7 Å². The zero-order valence-electron chi connectivity index (χ0n) is 23.1. The normalized spacial score (nSPS) is 19.9. The zero-order valence-corrected chi connectivity index (χ0v) is 23.9. The number of nitrogens with zero attached hydrogens (tertiary/aromatic N) is 5. The third-order valence-electron chi connectivity index (χ3n) is 7.09. The number of amides is 1. The number of para-hydroxylation sites is 1. The largest absolute Gasteiger partial charge is 0.457 e. The Kier molecular flexibility index (Phi) is 9.90. The lowest BCUT2D eigenvalue weighted by atomic mass is 10.0. The second-order valence-corrected chi connectivity index (χ2v) is 12.2. The second-order valence-electron chi connectivity index (χ2n) is 10.1. The number of sulfonamides is 1. The average molecular weight is 572 g/mol. The number of aromatic nitrogens is 3. The van der Waals surface area contributed by atoms with E-state index in [0.717, 1.165) is 5.69 Å². The Hall–Kier alpha value is -3.32. The van der Waals surface area contributed by atoms with Crippen molar-refractivity contribution in [3.63, 3.8) is 0 Å². The highest BCUT2D eigenvalue weighted by Gasteiger charge is 2.31. The van der Waals surface area contributed by atoms with Gasteiger partial charge in [0.1, 0.15) is 11.5 Å². The molecule has 4 rings (SSSR count). The van der Waals surface area contributed by atoms with E-state index in [0.29, 0.717) is 37.4 Å². The minimum atomic E-state index is -3.85. The standard InChI is InChI=1S/C28H37N5O6S/c1-21-17-32(22(2)19-34)28(35)10-7-15-33-23(16-29-30-33)20-38-27(21)18-31(3)40(36,37)26-13-11-25(12-14-26)39-24-8-5-4-6-9-24/h4-6,8-9,11-14,16,21-22,27,34H,7,10,15,17-20H2,1-3H3/t21-,22-,27+/m1/s1. The van der Waals surface area contributed by atoms with Crippen molar-refractivity contribution in [2.45, 2.75) is 56.9 Å². The number of benzene rings is 2. The van der Waals surface area contributed by atoms with Gasteiger partial charge >= 0.3 is 0 Å². The van der Waals surface area contributed by atoms with Crippen molar-refractivity contribution in [3.8, 4) is 11.5 Å². The minimum Gasteiger partial charge on any atom is -0.457 e.